The Balaban J connectivity index is 1.38. The summed E-state index contributed by atoms with van der Waals surface area (Å²) in [5, 5.41) is 19.6. The van der Waals surface area contributed by atoms with E-state index in [9.17, 15) is 0 Å². The molecule has 1 aliphatic heterocycles. The van der Waals surface area contributed by atoms with Gasteiger partial charge in [-0.3, -0.25) is 10.00 Å². The standard InChI is InChI=1S/C14H18N8/c1-10-5-11(17-16-10)6-20(2)12-7-21(8-12)14-4-3-13-18-15-9-22(13)19-14/h3-5,9,12H,6-8H2,1-2H3,(H,16,17). The minimum absolute atomic E-state index is 0.524. The van der Waals surface area contributed by atoms with Crippen LogP contribution in [0, 0.1) is 6.92 Å². The predicted octanol–water partition coefficient (Wildman–Crippen LogP) is 0.476. The highest BCUT2D eigenvalue weighted by Crippen LogP contribution is 2.22. The van der Waals surface area contributed by atoms with Crippen molar-refractivity contribution in [3.05, 3.63) is 35.9 Å². The van der Waals surface area contributed by atoms with E-state index in [1.807, 2.05) is 19.1 Å². The van der Waals surface area contributed by atoms with Crippen LogP contribution in [0.4, 0.5) is 5.82 Å². The number of aromatic amines is 1. The predicted molar refractivity (Wildman–Crippen MR) is 81.6 cm³/mol. The average Bonchev–Trinajstić information content (AvgIpc) is 3.05. The van der Waals surface area contributed by atoms with Gasteiger partial charge in [0.25, 0.3) is 0 Å². The minimum atomic E-state index is 0.524. The largest absolute Gasteiger partial charge is 0.352 e. The van der Waals surface area contributed by atoms with E-state index >= 15 is 0 Å². The molecule has 1 saturated heterocycles. The molecule has 0 amide bonds. The van der Waals surface area contributed by atoms with Crippen molar-refractivity contribution in [2.75, 3.05) is 25.0 Å². The fourth-order valence-electron chi connectivity index (χ4n) is 2.75. The second-order valence-electron chi connectivity index (χ2n) is 5.84. The third kappa shape index (κ3) is 2.31. The van der Waals surface area contributed by atoms with Crippen molar-refractivity contribution in [2.24, 2.45) is 0 Å². The topological polar surface area (TPSA) is 78.2 Å². The molecule has 3 aromatic heterocycles. The number of likely N-dealkylation sites (N-methyl/N-ethyl adjacent to an activating group) is 1. The maximum atomic E-state index is 4.52. The van der Waals surface area contributed by atoms with E-state index in [4.69, 9.17) is 0 Å². The first-order valence-electron chi connectivity index (χ1n) is 7.32. The Labute approximate surface area is 127 Å². The summed E-state index contributed by atoms with van der Waals surface area (Å²) < 4.78 is 1.71. The van der Waals surface area contributed by atoms with E-state index < -0.39 is 0 Å². The molecular weight excluding hydrogens is 280 g/mol. The summed E-state index contributed by atoms with van der Waals surface area (Å²) in [5.41, 5.74) is 2.96. The highest BCUT2D eigenvalue weighted by Gasteiger charge is 2.31. The summed E-state index contributed by atoms with van der Waals surface area (Å²) >= 11 is 0. The number of H-pyrrole nitrogens is 1. The number of anilines is 1. The van der Waals surface area contributed by atoms with Crippen molar-refractivity contribution in [3.8, 4) is 0 Å². The van der Waals surface area contributed by atoms with Gasteiger partial charge in [0.15, 0.2) is 5.65 Å². The van der Waals surface area contributed by atoms with Crippen molar-refractivity contribution in [3.63, 3.8) is 0 Å². The maximum absolute atomic E-state index is 4.52. The van der Waals surface area contributed by atoms with Crippen LogP contribution in [0.3, 0.4) is 0 Å². The van der Waals surface area contributed by atoms with Crippen LogP contribution in [-0.4, -0.2) is 61.1 Å². The zero-order chi connectivity index (χ0) is 15.1. The number of fused-ring (bicyclic) bond motifs is 1. The van der Waals surface area contributed by atoms with Gasteiger partial charge in [-0.1, -0.05) is 0 Å². The number of aryl methyl sites for hydroxylation is 1. The van der Waals surface area contributed by atoms with E-state index in [0.717, 1.165) is 42.5 Å². The molecule has 8 heteroatoms. The van der Waals surface area contributed by atoms with E-state index in [2.05, 4.69) is 48.4 Å². The summed E-state index contributed by atoms with van der Waals surface area (Å²) in [4.78, 5) is 4.60. The molecule has 1 N–H and O–H groups in total. The van der Waals surface area contributed by atoms with Crippen LogP contribution in [0.1, 0.15) is 11.4 Å². The molecule has 0 saturated carbocycles. The molecule has 114 valence electrons. The Bertz CT molecular complexity index is 785. The summed E-state index contributed by atoms with van der Waals surface area (Å²) in [6.45, 7) is 4.83. The Kier molecular flexibility index (Phi) is 3.04. The van der Waals surface area contributed by atoms with Gasteiger partial charge in [0.1, 0.15) is 12.1 Å². The molecule has 0 spiro atoms. The summed E-state index contributed by atoms with van der Waals surface area (Å²) in [5.74, 6) is 0.965. The monoisotopic (exact) mass is 298 g/mol. The molecule has 4 rings (SSSR count). The first-order valence-corrected chi connectivity index (χ1v) is 7.32. The molecule has 8 nitrogen and oxygen atoms in total. The smallest absolute Gasteiger partial charge is 0.177 e. The lowest BCUT2D eigenvalue weighted by Gasteiger charge is -2.44. The van der Waals surface area contributed by atoms with Gasteiger partial charge in [-0.25, -0.2) is 0 Å². The number of nitrogens with zero attached hydrogens (tertiary/aromatic N) is 7. The summed E-state index contributed by atoms with van der Waals surface area (Å²) in [7, 11) is 2.14. The van der Waals surface area contributed by atoms with Gasteiger partial charge in [-0.2, -0.15) is 9.61 Å². The van der Waals surface area contributed by atoms with Gasteiger partial charge >= 0.3 is 0 Å². The van der Waals surface area contributed by atoms with Gasteiger partial charge in [0, 0.05) is 31.4 Å². The molecular formula is C14H18N8. The van der Waals surface area contributed by atoms with Crippen LogP contribution < -0.4 is 4.90 Å². The van der Waals surface area contributed by atoms with Crippen molar-refractivity contribution in [1.29, 1.82) is 0 Å². The van der Waals surface area contributed by atoms with Gasteiger partial charge in [0.2, 0.25) is 0 Å². The molecule has 0 atom stereocenters. The molecule has 0 radical (unpaired) electrons. The SMILES string of the molecule is Cc1cc(CN(C)C2CN(c3ccc4nncn4n3)C2)n[nH]1. The number of rotatable bonds is 4. The van der Waals surface area contributed by atoms with Crippen molar-refractivity contribution >= 4 is 11.5 Å². The normalized spacial score (nSPS) is 15.7. The van der Waals surface area contributed by atoms with Crippen molar-refractivity contribution < 1.29 is 0 Å². The first kappa shape index (κ1) is 13.2. The third-order valence-corrected chi connectivity index (χ3v) is 4.13. The molecule has 3 aromatic rings. The van der Waals surface area contributed by atoms with Gasteiger partial charge in [-0.05, 0) is 32.2 Å². The van der Waals surface area contributed by atoms with Crippen LogP contribution in [0.2, 0.25) is 0 Å². The molecule has 1 aliphatic rings. The average molecular weight is 298 g/mol. The summed E-state index contributed by atoms with van der Waals surface area (Å²) in [6, 6.07) is 6.56. The van der Waals surface area contributed by atoms with E-state index in [1.165, 1.54) is 0 Å². The fraction of sp³-hybridized carbons (Fsp3) is 0.429. The second kappa shape index (κ2) is 5.06. The Morgan fingerprint density at radius 2 is 2.23 bits per heavy atom. The van der Waals surface area contributed by atoms with Crippen LogP contribution >= 0.6 is 0 Å². The van der Waals surface area contributed by atoms with Gasteiger partial charge < -0.3 is 4.90 Å². The molecule has 22 heavy (non-hydrogen) atoms. The minimum Gasteiger partial charge on any atom is -0.352 e. The summed E-state index contributed by atoms with van der Waals surface area (Å²) in [6.07, 6.45) is 1.63. The van der Waals surface area contributed by atoms with Crippen LogP contribution in [-0.2, 0) is 6.54 Å². The van der Waals surface area contributed by atoms with Crippen molar-refractivity contribution in [2.45, 2.75) is 19.5 Å². The quantitative estimate of drug-likeness (QED) is 0.754. The first-order chi connectivity index (χ1) is 10.7. The number of nitrogens with one attached hydrogen (secondary N) is 1. The fourth-order valence-corrected chi connectivity index (χ4v) is 2.75. The molecule has 0 aliphatic carbocycles. The molecule has 0 unspecified atom stereocenters. The van der Waals surface area contributed by atoms with Crippen LogP contribution in [0.15, 0.2) is 24.5 Å². The molecule has 0 bridgehead atoms. The lowest BCUT2D eigenvalue weighted by molar-refractivity contribution is 0.194. The van der Waals surface area contributed by atoms with E-state index in [1.54, 1.807) is 10.8 Å². The Hall–Kier alpha value is -2.48. The number of hydrogen-bond acceptors (Lipinski definition) is 6. The Morgan fingerprint density at radius 3 is 3.00 bits per heavy atom. The maximum Gasteiger partial charge on any atom is 0.177 e. The van der Waals surface area contributed by atoms with Gasteiger partial charge in [0.05, 0.1) is 5.69 Å². The molecule has 4 heterocycles. The highest BCUT2D eigenvalue weighted by atomic mass is 15.4. The lowest BCUT2D eigenvalue weighted by Crippen LogP contribution is -2.58. The number of aromatic nitrogens is 6. The van der Waals surface area contributed by atoms with E-state index in [-0.39, 0.29) is 0 Å². The van der Waals surface area contributed by atoms with Crippen molar-refractivity contribution in [1.82, 2.24) is 34.9 Å². The molecule has 0 aromatic carbocycles. The van der Waals surface area contributed by atoms with Crippen LogP contribution in [0.5, 0.6) is 0 Å². The highest BCUT2D eigenvalue weighted by molar-refractivity contribution is 5.47. The van der Waals surface area contributed by atoms with Crippen LogP contribution in [0.25, 0.3) is 5.65 Å². The lowest BCUT2D eigenvalue weighted by atomic mass is 10.1. The number of hydrogen-bond donors (Lipinski definition) is 1. The zero-order valence-electron chi connectivity index (χ0n) is 12.6. The van der Waals surface area contributed by atoms with E-state index in [0.29, 0.717) is 6.04 Å². The second-order valence-corrected chi connectivity index (χ2v) is 5.84. The third-order valence-electron chi connectivity index (χ3n) is 4.13. The zero-order valence-corrected chi connectivity index (χ0v) is 12.6. The van der Waals surface area contributed by atoms with Gasteiger partial charge in [-0.15, -0.1) is 15.3 Å². The molecule has 1 fully saturated rings. The Morgan fingerprint density at radius 1 is 1.36 bits per heavy atom.